The van der Waals surface area contributed by atoms with Crippen LogP contribution in [-0.2, 0) is 4.79 Å². The second-order valence-electron chi connectivity index (χ2n) is 4.50. The molecule has 1 N–H and O–H groups in total. The number of carboxylic acid groups (broad SMARTS) is 1. The third kappa shape index (κ3) is 1.37. The van der Waals surface area contributed by atoms with Gasteiger partial charge in [-0.25, -0.2) is 14.8 Å². The normalized spacial score (nSPS) is 13.8. The fourth-order valence-electron chi connectivity index (χ4n) is 2.46. The summed E-state index contributed by atoms with van der Waals surface area (Å²) in [5.41, 5.74) is 1.65. The molecule has 0 amide bonds. The van der Waals surface area contributed by atoms with Crippen LogP contribution in [0.25, 0.3) is 6.08 Å². The molecule has 0 atom stereocenters. The van der Waals surface area contributed by atoms with Crippen LogP contribution in [0.15, 0.2) is 46.4 Å². The number of fused-ring (bicyclic) bond motifs is 3. The highest BCUT2D eigenvalue weighted by Crippen LogP contribution is 2.22. The lowest BCUT2D eigenvalue weighted by Gasteiger charge is -1.93. The van der Waals surface area contributed by atoms with Crippen molar-refractivity contribution >= 4 is 29.1 Å². The van der Waals surface area contributed by atoms with Gasteiger partial charge < -0.3 is 5.11 Å². The summed E-state index contributed by atoms with van der Waals surface area (Å²) >= 11 is 0. The van der Waals surface area contributed by atoms with Crippen molar-refractivity contribution in [1.29, 1.82) is 0 Å². The second kappa shape index (κ2) is 3.38. The van der Waals surface area contributed by atoms with Crippen molar-refractivity contribution in [3.05, 3.63) is 57.4 Å². The zero-order chi connectivity index (χ0) is 13.0. The Kier molecular flexibility index (Phi) is 1.82. The third-order valence-corrected chi connectivity index (χ3v) is 3.33. The van der Waals surface area contributed by atoms with Crippen LogP contribution in [0.1, 0.15) is 0 Å². The molecule has 0 saturated heterocycles. The van der Waals surface area contributed by atoms with Gasteiger partial charge >= 0.3 is 5.97 Å². The average molecular weight is 248 g/mol. The summed E-state index contributed by atoms with van der Waals surface area (Å²) in [6, 6.07) is 11.7. The van der Waals surface area contributed by atoms with Crippen LogP contribution >= 0.6 is 0 Å². The van der Waals surface area contributed by atoms with Crippen LogP contribution in [-0.4, -0.2) is 16.8 Å². The molecule has 4 nitrogen and oxygen atoms in total. The van der Waals surface area contributed by atoms with Crippen LogP contribution in [0.4, 0.5) is 11.4 Å². The Labute approximate surface area is 107 Å². The van der Waals surface area contributed by atoms with Crippen molar-refractivity contribution in [2.75, 3.05) is 0 Å². The Bertz CT molecular complexity index is 988. The fourth-order valence-corrected chi connectivity index (χ4v) is 2.46. The van der Waals surface area contributed by atoms with E-state index in [0.717, 1.165) is 26.7 Å². The van der Waals surface area contributed by atoms with Gasteiger partial charge in [0.05, 0.1) is 16.7 Å². The fraction of sp³-hybridized carbons (Fsp3) is 0. The molecule has 0 radical (unpaired) electrons. The Hall–Kier alpha value is -2.75. The molecule has 19 heavy (non-hydrogen) atoms. The van der Waals surface area contributed by atoms with Gasteiger partial charge in [-0.2, -0.15) is 0 Å². The molecule has 2 aromatic rings. The predicted octanol–water partition coefficient (Wildman–Crippen LogP) is 1.19. The maximum atomic E-state index is 10.9. The van der Waals surface area contributed by atoms with Gasteiger partial charge in [0, 0.05) is 15.7 Å². The van der Waals surface area contributed by atoms with E-state index in [4.69, 9.17) is 5.11 Å². The molecule has 90 valence electrons. The maximum Gasteiger partial charge on any atom is 0.354 e. The molecule has 2 heterocycles. The van der Waals surface area contributed by atoms with E-state index < -0.39 is 5.97 Å². The molecule has 4 rings (SSSR count). The molecule has 0 aliphatic carbocycles. The largest absolute Gasteiger partial charge is 0.477 e. The standard InChI is InChI=1S/C15H8N2O2/c18-15(19)14-6-8-5-13-10(7-12(8)17-14)9-3-1-2-4-11(9)16-13/h1-7H,(H,18,19). The SMILES string of the molecule is O=C(O)C1=Nc2cc3c(cc2=C1)N=c1ccccc1=3. The van der Waals surface area contributed by atoms with E-state index in [1.165, 1.54) is 0 Å². The minimum absolute atomic E-state index is 0.0759. The number of para-hydroxylation sites is 1. The first-order valence-corrected chi connectivity index (χ1v) is 5.88. The lowest BCUT2D eigenvalue weighted by Crippen LogP contribution is -2.08. The molecular weight excluding hydrogens is 240 g/mol. The minimum atomic E-state index is -1.01. The van der Waals surface area contributed by atoms with Crippen LogP contribution in [0.5, 0.6) is 0 Å². The summed E-state index contributed by atoms with van der Waals surface area (Å²) in [6.07, 6.45) is 1.58. The van der Waals surface area contributed by atoms with E-state index in [-0.39, 0.29) is 5.71 Å². The van der Waals surface area contributed by atoms with Gasteiger partial charge in [-0.05, 0) is 24.3 Å². The Morgan fingerprint density at radius 1 is 1.00 bits per heavy atom. The molecule has 0 fully saturated rings. The molecule has 0 saturated carbocycles. The van der Waals surface area contributed by atoms with Gasteiger partial charge in [0.15, 0.2) is 0 Å². The zero-order valence-electron chi connectivity index (χ0n) is 9.79. The highest BCUT2D eigenvalue weighted by atomic mass is 16.4. The summed E-state index contributed by atoms with van der Waals surface area (Å²) in [4.78, 5) is 19.6. The monoisotopic (exact) mass is 248 g/mol. The predicted molar refractivity (Wildman–Crippen MR) is 70.2 cm³/mol. The number of aliphatic carboxylic acids is 1. The first kappa shape index (κ1) is 10.2. The first-order valence-electron chi connectivity index (χ1n) is 5.88. The van der Waals surface area contributed by atoms with Crippen molar-refractivity contribution in [2.45, 2.75) is 0 Å². The number of nitrogens with zero attached hydrogens (tertiary/aromatic N) is 2. The minimum Gasteiger partial charge on any atom is -0.477 e. The molecule has 4 heteroatoms. The number of hydrogen-bond acceptors (Lipinski definition) is 3. The van der Waals surface area contributed by atoms with Crippen LogP contribution in [0, 0.1) is 10.4 Å². The Morgan fingerprint density at radius 2 is 1.84 bits per heavy atom. The highest BCUT2D eigenvalue weighted by Gasteiger charge is 2.15. The van der Waals surface area contributed by atoms with Crippen molar-refractivity contribution in [3.8, 4) is 0 Å². The summed E-state index contributed by atoms with van der Waals surface area (Å²) < 4.78 is 0. The number of aliphatic imine (C=N–C) groups is 1. The smallest absolute Gasteiger partial charge is 0.354 e. The van der Waals surface area contributed by atoms with Gasteiger partial charge in [-0.3, -0.25) is 0 Å². The number of carbonyl (C=O) groups is 1. The van der Waals surface area contributed by atoms with Gasteiger partial charge in [0.1, 0.15) is 5.71 Å². The quantitative estimate of drug-likeness (QED) is 0.703. The molecule has 2 aliphatic rings. The molecule has 0 unspecified atom stereocenters. The number of benzene rings is 2. The van der Waals surface area contributed by atoms with Crippen molar-refractivity contribution < 1.29 is 9.90 Å². The first-order chi connectivity index (χ1) is 9.22. The summed E-state index contributed by atoms with van der Waals surface area (Å²) in [5, 5.41) is 12.8. The van der Waals surface area contributed by atoms with E-state index in [0.29, 0.717) is 5.69 Å². The van der Waals surface area contributed by atoms with E-state index in [2.05, 4.69) is 9.98 Å². The third-order valence-electron chi connectivity index (χ3n) is 3.33. The lowest BCUT2D eigenvalue weighted by atomic mass is 10.1. The van der Waals surface area contributed by atoms with Crippen molar-refractivity contribution in [1.82, 2.24) is 0 Å². The molecular formula is C15H8N2O2. The topological polar surface area (TPSA) is 62.0 Å². The molecule has 0 spiro atoms. The second-order valence-corrected chi connectivity index (χ2v) is 4.50. The van der Waals surface area contributed by atoms with E-state index >= 15 is 0 Å². The highest BCUT2D eigenvalue weighted by molar-refractivity contribution is 6.49. The average Bonchev–Trinajstić information content (AvgIpc) is 2.96. The number of hydrogen-bond donors (Lipinski definition) is 1. The lowest BCUT2D eigenvalue weighted by molar-refractivity contribution is -0.129. The van der Waals surface area contributed by atoms with Crippen molar-refractivity contribution in [2.24, 2.45) is 9.98 Å². The van der Waals surface area contributed by atoms with E-state index in [1.807, 2.05) is 36.4 Å². The molecule has 2 aliphatic heterocycles. The van der Waals surface area contributed by atoms with Gasteiger partial charge in [0.2, 0.25) is 0 Å². The summed E-state index contributed by atoms with van der Waals surface area (Å²) in [5.74, 6) is -1.01. The molecule has 0 aromatic heterocycles. The molecule has 2 aromatic carbocycles. The van der Waals surface area contributed by atoms with Crippen LogP contribution in [0.3, 0.4) is 0 Å². The van der Waals surface area contributed by atoms with Gasteiger partial charge in [-0.15, -0.1) is 0 Å². The Balaban J connectivity index is 2.11. The summed E-state index contributed by atoms with van der Waals surface area (Å²) in [7, 11) is 0. The van der Waals surface area contributed by atoms with E-state index in [1.54, 1.807) is 6.08 Å². The number of rotatable bonds is 1. The summed E-state index contributed by atoms with van der Waals surface area (Å²) in [6.45, 7) is 0. The van der Waals surface area contributed by atoms with Crippen molar-refractivity contribution in [3.63, 3.8) is 0 Å². The van der Waals surface area contributed by atoms with Gasteiger partial charge in [0.25, 0.3) is 0 Å². The zero-order valence-corrected chi connectivity index (χ0v) is 9.79. The van der Waals surface area contributed by atoms with E-state index in [9.17, 15) is 4.79 Å². The van der Waals surface area contributed by atoms with Crippen LogP contribution < -0.4 is 10.6 Å². The molecule has 0 bridgehead atoms. The number of carboxylic acids is 1. The maximum absolute atomic E-state index is 10.9. The van der Waals surface area contributed by atoms with Crippen LogP contribution in [0.2, 0.25) is 0 Å². The Morgan fingerprint density at radius 3 is 2.68 bits per heavy atom. The van der Waals surface area contributed by atoms with Gasteiger partial charge in [-0.1, -0.05) is 18.2 Å².